The second-order valence-corrected chi connectivity index (χ2v) is 5.91. The number of nitrogens with zero attached hydrogens (tertiary/aromatic N) is 2. The number of nitrogens with two attached hydrogens (primary N) is 1. The Kier molecular flexibility index (Phi) is 3.18. The lowest BCUT2D eigenvalue weighted by Crippen LogP contribution is -2.08. The Labute approximate surface area is 92.2 Å². The van der Waals surface area contributed by atoms with E-state index in [-0.39, 0.29) is 16.3 Å². The number of hydrogen-bond donors (Lipinski definition) is 1. The maximum Gasteiger partial charge on any atom is 0.275 e. The highest BCUT2D eigenvalue weighted by Gasteiger charge is 2.16. The summed E-state index contributed by atoms with van der Waals surface area (Å²) in [6, 6.07) is 2.69. The molecule has 1 aromatic rings. The average molecular weight is 227 g/mol. The molecule has 1 rings (SSSR count). The Morgan fingerprint density at radius 3 is 2.53 bits per heavy atom. The monoisotopic (exact) mass is 227 g/mol. The van der Waals surface area contributed by atoms with Crippen molar-refractivity contribution in [1.82, 2.24) is 4.98 Å². The summed E-state index contributed by atoms with van der Waals surface area (Å²) < 4.78 is -0.0470. The van der Waals surface area contributed by atoms with Crippen LogP contribution in [-0.4, -0.2) is 14.7 Å². The second-order valence-electron chi connectivity index (χ2n) is 4.06. The zero-order valence-corrected chi connectivity index (χ0v) is 9.67. The largest absolute Gasteiger partial charge is 0.383 e. The van der Waals surface area contributed by atoms with E-state index in [1.54, 1.807) is 0 Å². The van der Waals surface area contributed by atoms with Gasteiger partial charge >= 0.3 is 0 Å². The molecule has 0 atom stereocenters. The number of nitrogen functional groups attached to an aromatic ring is 1. The van der Waals surface area contributed by atoms with Crippen LogP contribution < -0.4 is 5.73 Å². The summed E-state index contributed by atoms with van der Waals surface area (Å²) in [7, 11) is 0. The third-order valence-electron chi connectivity index (χ3n) is 1.43. The van der Waals surface area contributed by atoms with Crippen molar-refractivity contribution in [2.24, 2.45) is 0 Å². The first-order valence-electron chi connectivity index (χ1n) is 4.39. The standard InChI is InChI=1S/C9H13N3O2S/c1-9(2,3)15-8-5-6(12(13)14)4-7(10)11-8/h4-5H,1-3H3,(H2,10,11). The predicted molar refractivity (Wildman–Crippen MR) is 60.9 cm³/mol. The van der Waals surface area contributed by atoms with Crippen LogP contribution in [0.5, 0.6) is 0 Å². The van der Waals surface area contributed by atoms with Crippen molar-refractivity contribution in [3.05, 3.63) is 22.2 Å². The van der Waals surface area contributed by atoms with Gasteiger partial charge in [0.1, 0.15) is 10.8 Å². The fourth-order valence-electron chi connectivity index (χ4n) is 0.983. The fourth-order valence-corrected chi connectivity index (χ4v) is 1.94. The molecule has 1 heterocycles. The van der Waals surface area contributed by atoms with Gasteiger partial charge in [-0.15, -0.1) is 11.8 Å². The van der Waals surface area contributed by atoms with Gasteiger partial charge in [-0.1, -0.05) is 20.8 Å². The van der Waals surface area contributed by atoms with Crippen molar-refractivity contribution in [3.63, 3.8) is 0 Å². The van der Waals surface area contributed by atoms with E-state index < -0.39 is 4.92 Å². The molecule has 1 aromatic heterocycles. The molecule has 0 aliphatic carbocycles. The smallest absolute Gasteiger partial charge is 0.275 e. The molecule has 6 heteroatoms. The van der Waals surface area contributed by atoms with Gasteiger partial charge in [0.15, 0.2) is 0 Å². The number of aromatic nitrogens is 1. The van der Waals surface area contributed by atoms with Crippen LogP contribution in [0.3, 0.4) is 0 Å². The van der Waals surface area contributed by atoms with Gasteiger partial charge in [-0.2, -0.15) is 0 Å². The van der Waals surface area contributed by atoms with E-state index in [0.717, 1.165) is 0 Å². The van der Waals surface area contributed by atoms with E-state index in [1.165, 1.54) is 23.9 Å². The lowest BCUT2D eigenvalue weighted by molar-refractivity contribution is -0.385. The molecule has 5 nitrogen and oxygen atoms in total. The van der Waals surface area contributed by atoms with E-state index in [0.29, 0.717) is 5.03 Å². The minimum absolute atomic E-state index is 0.0192. The predicted octanol–water partition coefficient (Wildman–Crippen LogP) is 2.46. The van der Waals surface area contributed by atoms with Crippen LogP contribution in [0.1, 0.15) is 20.8 Å². The van der Waals surface area contributed by atoms with Gasteiger partial charge in [0.25, 0.3) is 5.69 Å². The normalized spacial score (nSPS) is 11.4. The van der Waals surface area contributed by atoms with Gasteiger partial charge in [0.05, 0.1) is 11.0 Å². The number of nitro groups is 1. The molecule has 0 fully saturated rings. The Morgan fingerprint density at radius 1 is 1.47 bits per heavy atom. The minimum Gasteiger partial charge on any atom is -0.383 e. The van der Waals surface area contributed by atoms with E-state index in [4.69, 9.17) is 5.73 Å². The molecule has 0 radical (unpaired) electrons. The molecule has 0 spiro atoms. The summed E-state index contributed by atoms with van der Waals surface area (Å²) in [5, 5.41) is 11.2. The van der Waals surface area contributed by atoms with Crippen LogP contribution in [-0.2, 0) is 0 Å². The van der Waals surface area contributed by atoms with E-state index in [2.05, 4.69) is 4.98 Å². The molecule has 0 aromatic carbocycles. The first-order valence-corrected chi connectivity index (χ1v) is 5.20. The zero-order valence-electron chi connectivity index (χ0n) is 8.85. The number of hydrogen-bond acceptors (Lipinski definition) is 5. The molecule has 0 amide bonds. The molecule has 0 unspecified atom stereocenters. The van der Waals surface area contributed by atoms with Crippen LogP contribution in [0.2, 0.25) is 0 Å². The van der Waals surface area contributed by atoms with Gasteiger partial charge < -0.3 is 5.73 Å². The van der Waals surface area contributed by atoms with Gasteiger partial charge in [-0.25, -0.2) is 4.98 Å². The highest BCUT2D eigenvalue weighted by molar-refractivity contribution is 8.00. The van der Waals surface area contributed by atoms with Crippen LogP contribution in [0.25, 0.3) is 0 Å². The van der Waals surface area contributed by atoms with Crippen LogP contribution >= 0.6 is 11.8 Å². The zero-order chi connectivity index (χ0) is 11.6. The molecular formula is C9H13N3O2S. The molecule has 0 saturated heterocycles. The lowest BCUT2D eigenvalue weighted by atomic mass is 10.3. The number of thioether (sulfide) groups is 1. The van der Waals surface area contributed by atoms with Gasteiger partial charge in [0.2, 0.25) is 0 Å². The van der Waals surface area contributed by atoms with Crippen molar-refractivity contribution in [2.75, 3.05) is 5.73 Å². The summed E-state index contributed by atoms with van der Waals surface area (Å²) in [5.74, 6) is 0.177. The van der Waals surface area contributed by atoms with E-state index >= 15 is 0 Å². The Bertz CT molecular complexity index is 387. The number of rotatable bonds is 2. The fraction of sp³-hybridized carbons (Fsp3) is 0.444. The number of pyridine rings is 1. The average Bonchev–Trinajstić information content (AvgIpc) is 1.99. The maximum atomic E-state index is 10.6. The van der Waals surface area contributed by atoms with Crippen LogP contribution in [0, 0.1) is 10.1 Å². The summed E-state index contributed by atoms with van der Waals surface area (Å²) in [6.07, 6.45) is 0. The summed E-state index contributed by atoms with van der Waals surface area (Å²) >= 11 is 1.45. The lowest BCUT2D eigenvalue weighted by Gasteiger charge is -2.16. The molecule has 0 aliphatic rings. The topological polar surface area (TPSA) is 82.0 Å². The van der Waals surface area contributed by atoms with Crippen molar-refractivity contribution < 1.29 is 4.92 Å². The maximum absolute atomic E-state index is 10.6. The van der Waals surface area contributed by atoms with Gasteiger partial charge in [-0.3, -0.25) is 10.1 Å². The molecule has 0 bridgehead atoms. The SMILES string of the molecule is CC(C)(C)Sc1cc([N+](=O)[O-])cc(N)n1. The quantitative estimate of drug-likeness (QED) is 0.476. The third kappa shape index (κ3) is 3.75. The second kappa shape index (κ2) is 4.06. The highest BCUT2D eigenvalue weighted by atomic mass is 32.2. The van der Waals surface area contributed by atoms with Gasteiger partial charge in [-0.05, 0) is 0 Å². The van der Waals surface area contributed by atoms with E-state index in [9.17, 15) is 10.1 Å². The van der Waals surface area contributed by atoms with E-state index in [1.807, 2.05) is 20.8 Å². The summed E-state index contributed by atoms with van der Waals surface area (Å²) in [4.78, 5) is 14.2. The Morgan fingerprint density at radius 2 is 2.07 bits per heavy atom. The first-order chi connectivity index (χ1) is 6.78. The summed E-state index contributed by atoms with van der Waals surface area (Å²) in [5.41, 5.74) is 5.47. The Balaban J connectivity index is 3.04. The van der Waals surface area contributed by atoms with Crippen molar-refractivity contribution >= 4 is 23.3 Å². The van der Waals surface area contributed by atoms with Crippen LogP contribution in [0.15, 0.2) is 17.2 Å². The number of anilines is 1. The molecule has 0 aliphatic heterocycles. The summed E-state index contributed by atoms with van der Waals surface area (Å²) in [6.45, 7) is 6.02. The minimum atomic E-state index is -0.467. The Hall–Kier alpha value is -1.30. The highest BCUT2D eigenvalue weighted by Crippen LogP contribution is 2.32. The third-order valence-corrected chi connectivity index (χ3v) is 2.46. The first kappa shape index (κ1) is 11.8. The molecule has 15 heavy (non-hydrogen) atoms. The molecule has 0 saturated carbocycles. The molecular weight excluding hydrogens is 214 g/mol. The van der Waals surface area contributed by atoms with Crippen molar-refractivity contribution in [2.45, 2.75) is 30.5 Å². The van der Waals surface area contributed by atoms with Crippen LogP contribution in [0.4, 0.5) is 11.5 Å². The van der Waals surface area contributed by atoms with Gasteiger partial charge in [0, 0.05) is 10.8 Å². The van der Waals surface area contributed by atoms with Crippen molar-refractivity contribution in [1.29, 1.82) is 0 Å². The van der Waals surface area contributed by atoms with Crippen molar-refractivity contribution in [3.8, 4) is 0 Å². The molecule has 2 N–H and O–H groups in total. The molecule has 82 valence electrons.